The number of carbonyl (C=O) groups excluding carboxylic acids is 1. The fourth-order valence-corrected chi connectivity index (χ4v) is 2.45. The number of hydrogen-bond donors (Lipinski definition) is 2. The van der Waals surface area contributed by atoms with Crippen LogP contribution in [0.25, 0.3) is 11.0 Å². The lowest BCUT2D eigenvalue weighted by atomic mass is 10.1. The van der Waals surface area contributed by atoms with Crippen molar-refractivity contribution in [2.45, 2.75) is 13.0 Å². The number of aromatic nitrogens is 2. The lowest BCUT2D eigenvalue weighted by molar-refractivity contribution is -0.121. The molecular weight excluding hydrogens is 278 g/mol. The molecule has 2 aromatic carbocycles. The molecule has 0 radical (unpaired) electrons. The summed E-state index contributed by atoms with van der Waals surface area (Å²) in [4.78, 5) is 26.7. The molecule has 22 heavy (non-hydrogen) atoms. The van der Waals surface area contributed by atoms with Gasteiger partial charge in [0.2, 0.25) is 5.91 Å². The molecule has 0 atom stereocenters. The molecule has 0 saturated heterocycles. The molecule has 0 unspecified atom stereocenters. The molecule has 0 fully saturated rings. The van der Waals surface area contributed by atoms with E-state index < -0.39 is 0 Å². The molecule has 0 aliphatic heterocycles. The summed E-state index contributed by atoms with van der Waals surface area (Å²) in [6.45, 7) is 0.581. The number of fused-ring (bicyclic) bond motifs is 1. The lowest BCUT2D eigenvalue weighted by Crippen LogP contribution is -2.32. The third kappa shape index (κ3) is 3.09. The number of carbonyl (C=O) groups is 1. The second-order valence-electron chi connectivity index (χ2n) is 5.12. The van der Waals surface area contributed by atoms with Crippen LogP contribution in [0.15, 0.2) is 59.4 Å². The van der Waals surface area contributed by atoms with Gasteiger partial charge in [-0.2, -0.15) is 0 Å². The van der Waals surface area contributed by atoms with Crippen LogP contribution in [-0.2, 0) is 17.8 Å². The van der Waals surface area contributed by atoms with Gasteiger partial charge < -0.3 is 10.3 Å². The van der Waals surface area contributed by atoms with Crippen LogP contribution in [0.1, 0.15) is 5.56 Å². The normalized spacial score (nSPS) is 10.7. The van der Waals surface area contributed by atoms with Crippen LogP contribution in [0.2, 0.25) is 0 Å². The summed E-state index contributed by atoms with van der Waals surface area (Å²) in [6, 6.07) is 17.3. The average molecular weight is 295 g/mol. The molecule has 5 nitrogen and oxygen atoms in total. The molecule has 2 N–H and O–H groups in total. The molecule has 112 valence electrons. The van der Waals surface area contributed by atoms with E-state index >= 15 is 0 Å². The Morgan fingerprint density at radius 3 is 2.59 bits per heavy atom. The third-order valence-electron chi connectivity index (χ3n) is 3.56. The monoisotopic (exact) mass is 295 g/mol. The van der Waals surface area contributed by atoms with Crippen molar-refractivity contribution in [1.82, 2.24) is 14.9 Å². The van der Waals surface area contributed by atoms with Crippen molar-refractivity contribution >= 4 is 16.9 Å². The van der Waals surface area contributed by atoms with Gasteiger partial charge in [-0.3, -0.25) is 9.36 Å². The van der Waals surface area contributed by atoms with Crippen molar-refractivity contribution in [2.24, 2.45) is 0 Å². The van der Waals surface area contributed by atoms with Crippen LogP contribution >= 0.6 is 0 Å². The number of rotatable bonds is 5. The van der Waals surface area contributed by atoms with Gasteiger partial charge in [0.1, 0.15) is 6.54 Å². The number of H-pyrrole nitrogens is 1. The highest BCUT2D eigenvalue weighted by Crippen LogP contribution is 2.08. The predicted molar refractivity (Wildman–Crippen MR) is 85.7 cm³/mol. The van der Waals surface area contributed by atoms with Gasteiger partial charge in [-0.15, -0.1) is 0 Å². The molecule has 1 heterocycles. The van der Waals surface area contributed by atoms with Gasteiger partial charge in [0.15, 0.2) is 0 Å². The Balaban J connectivity index is 1.61. The summed E-state index contributed by atoms with van der Waals surface area (Å²) in [5.74, 6) is -0.164. The van der Waals surface area contributed by atoms with E-state index in [0.717, 1.165) is 17.5 Å². The van der Waals surface area contributed by atoms with Crippen molar-refractivity contribution < 1.29 is 4.79 Å². The van der Waals surface area contributed by atoms with E-state index in [9.17, 15) is 9.59 Å². The summed E-state index contributed by atoms with van der Waals surface area (Å²) in [5.41, 5.74) is 2.39. The summed E-state index contributed by atoms with van der Waals surface area (Å²) >= 11 is 0. The number of nitrogens with zero attached hydrogens (tertiary/aromatic N) is 1. The summed E-state index contributed by atoms with van der Waals surface area (Å²) < 4.78 is 1.45. The highest BCUT2D eigenvalue weighted by Gasteiger charge is 2.09. The topological polar surface area (TPSA) is 66.9 Å². The Labute approximate surface area is 127 Å². The minimum atomic E-state index is -0.264. The number of benzene rings is 2. The zero-order valence-corrected chi connectivity index (χ0v) is 12.1. The average Bonchev–Trinajstić information content (AvgIpc) is 2.84. The minimum Gasteiger partial charge on any atom is -0.354 e. The van der Waals surface area contributed by atoms with E-state index in [2.05, 4.69) is 10.3 Å². The van der Waals surface area contributed by atoms with Gasteiger partial charge in [-0.25, -0.2) is 4.79 Å². The standard InChI is InChI=1S/C17H17N3O2/c21-16(18-11-10-13-6-2-1-3-7-13)12-20-15-9-5-4-8-14(15)19-17(20)22/h1-9H,10-12H2,(H,18,21)(H,19,22). The van der Waals surface area contributed by atoms with Gasteiger partial charge in [-0.1, -0.05) is 42.5 Å². The van der Waals surface area contributed by atoms with E-state index in [4.69, 9.17) is 0 Å². The molecule has 1 aromatic heterocycles. The van der Waals surface area contributed by atoms with Gasteiger partial charge in [0, 0.05) is 6.54 Å². The Kier molecular flexibility index (Phi) is 4.05. The largest absolute Gasteiger partial charge is 0.354 e. The second-order valence-corrected chi connectivity index (χ2v) is 5.12. The zero-order valence-electron chi connectivity index (χ0n) is 12.1. The minimum absolute atomic E-state index is 0.0254. The number of imidazole rings is 1. The number of nitrogens with one attached hydrogen (secondary N) is 2. The van der Waals surface area contributed by atoms with Gasteiger partial charge in [0.25, 0.3) is 0 Å². The van der Waals surface area contributed by atoms with Gasteiger partial charge in [0.05, 0.1) is 11.0 Å². The first-order chi connectivity index (χ1) is 10.7. The Morgan fingerprint density at radius 1 is 1.05 bits per heavy atom. The Hall–Kier alpha value is -2.82. The van der Waals surface area contributed by atoms with Crippen molar-refractivity contribution in [3.63, 3.8) is 0 Å². The van der Waals surface area contributed by atoms with Crippen molar-refractivity contribution in [3.8, 4) is 0 Å². The fourth-order valence-electron chi connectivity index (χ4n) is 2.45. The molecule has 3 aromatic rings. The Bertz CT molecular complexity index is 834. The van der Waals surface area contributed by atoms with E-state index in [0.29, 0.717) is 6.54 Å². The highest BCUT2D eigenvalue weighted by atomic mass is 16.2. The first-order valence-corrected chi connectivity index (χ1v) is 7.22. The van der Waals surface area contributed by atoms with E-state index in [1.807, 2.05) is 54.6 Å². The number of aromatic amines is 1. The zero-order chi connectivity index (χ0) is 15.4. The van der Waals surface area contributed by atoms with Crippen molar-refractivity contribution in [2.75, 3.05) is 6.54 Å². The van der Waals surface area contributed by atoms with E-state index in [1.54, 1.807) is 0 Å². The van der Waals surface area contributed by atoms with Crippen molar-refractivity contribution in [3.05, 3.63) is 70.6 Å². The van der Waals surface area contributed by atoms with E-state index in [-0.39, 0.29) is 18.1 Å². The molecule has 1 amide bonds. The van der Waals surface area contributed by atoms with Gasteiger partial charge in [-0.05, 0) is 24.1 Å². The van der Waals surface area contributed by atoms with Crippen molar-refractivity contribution in [1.29, 1.82) is 0 Å². The van der Waals surface area contributed by atoms with Crippen LogP contribution in [-0.4, -0.2) is 22.0 Å². The molecule has 0 saturated carbocycles. The van der Waals surface area contributed by atoms with Crippen LogP contribution in [0.5, 0.6) is 0 Å². The summed E-state index contributed by atoms with van der Waals surface area (Å²) in [6.07, 6.45) is 0.773. The molecule has 0 bridgehead atoms. The van der Waals surface area contributed by atoms with Crippen LogP contribution < -0.4 is 11.0 Å². The smallest absolute Gasteiger partial charge is 0.326 e. The number of hydrogen-bond acceptors (Lipinski definition) is 2. The molecule has 0 aliphatic carbocycles. The maximum absolute atomic E-state index is 12.0. The predicted octanol–water partition coefficient (Wildman–Crippen LogP) is 1.69. The summed E-state index contributed by atoms with van der Waals surface area (Å²) in [5, 5.41) is 2.85. The summed E-state index contributed by atoms with van der Waals surface area (Å²) in [7, 11) is 0. The SMILES string of the molecule is O=C(Cn1c(=O)[nH]c2ccccc21)NCCc1ccccc1. The molecule has 5 heteroatoms. The molecule has 3 rings (SSSR count). The van der Waals surface area contributed by atoms with Gasteiger partial charge >= 0.3 is 5.69 Å². The third-order valence-corrected chi connectivity index (χ3v) is 3.56. The van der Waals surface area contributed by atoms with E-state index in [1.165, 1.54) is 10.1 Å². The first kappa shape index (κ1) is 14.1. The maximum Gasteiger partial charge on any atom is 0.326 e. The number of para-hydroxylation sites is 2. The van der Waals surface area contributed by atoms with Crippen LogP contribution in [0, 0.1) is 0 Å². The molecular formula is C17H17N3O2. The Morgan fingerprint density at radius 2 is 1.77 bits per heavy atom. The first-order valence-electron chi connectivity index (χ1n) is 7.22. The van der Waals surface area contributed by atoms with Crippen LogP contribution in [0.3, 0.4) is 0 Å². The van der Waals surface area contributed by atoms with Crippen LogP contribution in [0.4, 0.5) is 0 Å². The molecule has 0 aliphatic rings. The fraction of sp³-hybridized carbons (Fsp3) is 0.176. The maximum atomic E-state index is 12.0. The second kappa shape index (κ2) is 6.30. The highest BCUT2D eigenvalue weighted by molar-refractivity contribution is 5.80. The lowest BCUT2D eigenvalue weighted by Gasteiger charge is -2.06. The molecule has 0 spiro atoms. The quantitative estimate of drug-likeness (QED) is 0.752. The number of amides is 1.